The Kier molecular flexibility index (Phi) is 6.36. The van der Waals surface area contributed by atoms with Gasteiger partial charge in [-0.15, -0.1) is 11.3 Å². The number of halogens is 1. The summed E-state index contributed by atoms with van der Waals surface area (Å²) < 4.78 is 5.46. The molecule has 2 aromatic rings. The van der Waals surface area contributed by atoms with Gasteiger partial charge in [0.1, 0.15) is 6.04 Å². The first-order valence-corrected chi connectivity index (χ1v) is 9.97. The number of amides is 2. The minimum atomic E-state index is -0.502. The second-order valence-corrected chi connectivity index (χ2v) is 7.85. The average Bonchev–Trinajstić information content (AvgIpc) is 3.20. The van der Waals surface area contributed by atoms with Gasteiger partial charge in [-0.05, 0) is 42.5 Å². The molecule has 3 rings (SSSR count). The van der Waals surface area contributed by atoms with Crippen molar-refractivity contribution in [3.05, 3.63) is 50.7 Å². The van der Waals surface area contributed by atoms with E-state index < -0.39 is 12.1 Å². The summed E-state index contributed by atoms with van der Waals surface area (Å²) in [6, 6.07) is 7.00. The lowest BCUT2D eigenvalue weighted by molar-refractivity contribution is -0.124. The lowest BCUT2D eigenvalue weighted by atomic mass is 10.1. The van der Waals surface area contributed by atoms with Gasteiger partial charge in [0.15, 0.2) is 5.75 Å². The molecule has 144 valence electrons. The second-order valence-electron chi connectivity index (χ2n) is 6.44. The highest BCUT2D eigenvalue weighted by molar-refractivity contribution is 7.09. The van der Waals surface area contributed by atoms with Gasteiger partial charge in [-0.2, -0.15) is 0 Å². The standard InChI is InChI=1S/C19H22ClN3O3S/c1-12-5-6-16(17(20)13(12)2)26-19(25)23-8-7-21-15(11-23)18(24)22-10-14-4-3-9-27-14/h3-6,9,15,21H,7-8,10-11H2,1-2H3,(H,22,24)/t15-/m0/s1. The Morgan fingerprint density at radius 1 is 1.37 bits per heavy atom. The van der Waals surface area contributed by atoms with E-state index in [1.807, 2.05) is 37.4 Å². The van der Waals surface area contributed by atoms with Gasteiger partial charge in [0, 0.05) is 24.5 Å². The molecule has 0 aliphatic carbocycles. The third kappa shape index (κ3) is 4.80. The van der Waals surface area contributed by atoms with E-state index >= 15 is 0 Å². The van der Waals surface area contributed by atoms with Gasteiger partial charge in [0.25, 0.3) is 0 Å². The maximum Gasteiger partial charge on any atom is 0.415 e. The van der Waals surface area contributed by atoms with Crippen molar-refractivity contribution < 1.29 is 14.3 Å². The minimum absolute atomic E-state index is 0.134. The van der Waals surface area contributed by atoms with Gasteiger partial charge >= 0.3 is 6.09 Å². The van der Waals surface area contributed by atoms with E-state index in [1.54, 1.807) is 17.4 Å². The number of thiophene rings is 1. The van der Waals surface area contributed by atoms with Gasteiger partial charge in [-0.25, -0.2) is 4.79 Å². The summed E-state index contributed by atoms with van der Waals surface area (Å²) in [6.45, 7) is 5.55. The molecule has 0 unspecified atom stereocenters. The van der Waals surface area contributed by atoms with E-state index in [4.69, 9.17) is 16.3 Å². The Morgan fingerprint density at radius 2 is 2.19 bits per heavy atom. The molecule has 0 radical (unpaired) electrons. The molecule has 1 aliphatic heterocycles. The fourth-order valence-electron chi connectivity index (χ4n) is 2.80. The van der Waals surface area contributed by atoms with Crippen LogP contribution in [0.4, 0.5) is 4.79 Å². The first-order chi connectivity index (χ1) is 13.0. The van der Waals surface area contributed by atoms with Crippen LogP contribution in [0, 0.1) is 13.8 Å². The average molecular weight is 408 g/mol. The van der Waals surface area contributed by atoms with E-state index in [9.17, 15) is 9.59 Å². The quantitative estimate of drug-likeness (QED) is 0.817. The molecule has 1 aromatic carbocycles. The van der Waals surface area contributed by atoms with Gasteiger partial charge in [-0.1, -0.05) is 23.7 Å². The van der Waals surface area contributed by atoms with Gasteiger partial charge < -0.3 is 20.3 Å². The fourth-order valence-corrected chi connectivity index (χ4v) is 3.69. The van der Waals surface area contributed by atoms with Crippen molar-refractivity contribution >= 4 is 34.9 Å². The lowest BCUT2D eigenvalue weighted by Gasteiger charge is -2.32. The fraction of sp³-hybridized carbons (Fsp3) is 0.368. The Balaban J connectivity index is 1.57. The van der Waals surface area contributed by atoms with Crippen molar-refractivity contribution in [1.29, 1.82) is 0 Å². The smallest absolute Gasteiger partial charge is 0.409 e. The normalized spacial score (nSPS) is 16.9. The highest BCUT2D eigenvalue weighted by atomic mass is 35.5. The number of hydrogen-bond acceptors (Lipinski definition) is 5. The number of nitrogens with zero attached hydrogens (tertiary/aromatic N) is 1. The number of carbonyl (C=O) groups is 2. The molecule has 1 aliphatic rings. The predicted octanol–water partition coefficient (Wildman–Crippen LogP) is 3.11. The molecule has 1 fully saturated rings. The van der Waals surface area contributed by atoms with Crippen LogP contribution in [-0.2, 0) is 11.3 Å². The zero-order valence-electron chi connectivity index (χ0n) is 15.3. The Bertz CT molecular complexity index is 826. The van der Waals surface area contributed by atoms with Crippen molar-refractivity contribution in [2.75, 3.05) is 19.6 Å². The van der Waals surface area contributed by atoms with Crippen molar-refractivity contribution in [3.8, 4) is 5.75 Å². The summed E-state index contributed by atoms with van der Waals surface area (Å²) >= 11 is 7.87. The van der Waals surface area contributed by atoms with Crippen LogP contribution in [0.15, 0.2) is 29.6 Å². The third-order valence-electron chi connectivity index (χ3n) is 4.59. The topological polar surface area (TPSA) is 70.7 Å². The highest BCUT2D eigenvalue weighted by Gasteiger charge is 2.29. The Morgan fingerprint density at radius 3 is 2.93 bits per heavy atom. The van der Waals surface area contributed by atoms with Gasteiger partial charge in [-0.3, -0.25) is 4.79 Å². The number of hydrogen-bond donors (Lipinski definition) is 2. The lowest BCUT2D eigenvalue weighted by Crippen LogP contribution is -2.58. The maximum atomic E-state index is 12.5. The molecule has 1 atom stereocenters. The molecule has 8 heteroatoms. The number of carbonyl (C=O) groups excluding carboxylic acids is 2. The molecule has 0 saturated carbocycles. The van der Waals surface area contributed by atoms with Crippen LogP contribution in [0.2, 0.25) is 5.02 Å². The molecule has 1 aromatic heterocycles. The van der Waals surface area contributed by atoms with Crippen LogP contribution in [0.5, 0.6) is 5.75 Å². The number of aryl methyl sites for hydroxylation is 1. The first kappa shape index (κ1) is 19.7. The van der Waals surface area contributed by atoms with Crippen LogP contribution in [0.25, 0.3) is 0 Å². The SMILES string of the molecule is Cc1ccc(OC(=O)N2CCN[C@H](C(=O)NCc3cccs3)C2)c(Cl)c1C. The molecule has 2 heterocycles. The molecule has 1 saturated heterocycles. The second kappa shape index (κ2) is 8.73. The maximum absolute atomic E-state index is 12.5. The summed E-state index contributed by atoms with van der Waals surface area (Å²) in [5.74, 6) is 0.201. The van der Waals surface area contributed by atoms with Crippen LogP contribution >= 0.6 is 22.9 Å². The number of piperazine rings is 1. The highest BCUT2D eigenvalue weighted by Crippen LogP contribution is 2.30. The van der Waals surface area contributed by atoms with E-state index in [1.165, 1.54) is 4.90 Å². The van der Waals surface area contributed by atoms with E-state index in [2.05, 4.69) is 10.6 Å². The van der Waals surface area contributed by atoms with Crippen LogP contribution < -0.4 is 15.4 Å². The van der Waals surface area contributed by atoms with Crippen LogP contribution in [0.3, 0.4) is 0 Å². The third-order valence-corrected chi connectivity index (χ3v) is 5.93. The van der Waals surface area contributed by atoms with E-state index in [0.29, 0.717) is 30.4 Å². The summed E-state index contributed by atoms with van der Waals surface area (Å²) in [5.41, 5.74) is 1.91. The first-order valence-electron chi connectivity index (χ1n) is 8.71. The van der Waals surface area contributed by atoms with Crippen LogP contribution in [0.1, 0.15) is 16.0 Å². The van der Waals surface area contributed by atoms with Crippen molar-refractivity contribution in [2.45, 2.75) is 26.4 Å². The summed E-state index contributed by atoms with van der Waals surface area (Å²) in [7, 11) is 0. The number of nitrogens with one attached hydrogen (secondary N) is 2. The van der Waals surface area contributed by atoms with Gasteiger partial charge in [0.05, 0.1) is 11.6 Å². The molecule has 0 spiro atoms. The Labute approximate surface area is 167 Å². The summed E-state index contributed by atoms with van der Waals surface area (Å²) in [6.07, 6.45) is -0.502. The molecule has 0 bridgehead atoms. The zero-order chi connectivity index (χ0) is 19.4. The largest absolute Gasteiger partial charge is 0.415 e. The molecular weight excluding hydrogens is 386 g/mol. The van der Waals surface area contributed by atoms with Crippen molar-refractivity contribution in [2.24, 2.45) is 0 Å². The number of rotatable bonds is 4. The number of benzene rings is 1. The monoisotopic (exact) mass is 407 g/mol. The summed E-state index contributed by atoms with van der Waals surface area (Å²) in [4.78, 5) is 27.5. The molecule has 2 amide bonds. The van der Waals surface area contributed by atoms with E-state index in [-0.39, 0.29) is 12.5 Å². The van der Waals surface area contributed by atoms with Gasteiger partial charge in [0.2, 0.25) is 5.91 Å². The molecule has 6 nitrogen and oxygen atoms in total. The Hall–Kier alpha value is -2.09. The molecule has 27 heavy (non-hydrogen) atoms. The molecule has 2 N–H and O–H groups in total. The van der Waals surface area contributed by atoms with Crippen molar-refractivity contribution in [3.63, 3.8) is 0 Å². The summed E-state index contributed by atoms with van der Waals surface area (Å²) in [5, 5.41) is 8.44. The predicted molar refractivity (Wildman–Crippen MR) is 106 cm³/mol. The van der Waals surface area contributed by atoms with Crippen LogP contribution in [-0.4, -0.2) is 42.6 Å². The van der Waals surface area contributed by atoms with E-state index in [0.717, 1.165) is 16.0 Å². The molecular formula is C19H22ClN3O3S. The zero-order valence-corrected chi connectivity index (χ0v) is 16.8. The number of ether oxygens (including phenoxy) is 1. The minimum Gasteiger partial charge on any atom is -0.409 e. The van der Waals surface area contributed by atoms with Crippen molar-refractivity contribution in [1.82, 2.24) is 15.5 Å².